The Morgan fingerprint density at radius 3 is 2.43 bits per heavy atom. The zero-order valence-corrected chi connectivity index (χ0v) is 22.1. The molecule has 1 atom stereocenters. The minimum absolute atomic E-state index is 0.0563. The molecule has 1 N–H and O–H groups in total. The number of hydrogen-bond acceptors (Lipinski definition) is 6. The van der Waals surface area contributed by atoms with Crippen LogP contribution in [0.5, 0.6) is 11.5 Å². The summed E-state index contributed by atoms with van der Waals surface area (Å²) in [5.41, 5.74) is 6.64. The predicted molar refractivity (Wildman–Crippen MR) is 147 cm³/mol. The van der Waals surface area contributed by atoms with Gasteiger partial charge in [0.25, 0.3) is 0 Å². The highest BCUT2D eigenvalue weighted by Crippen LogP contribution is 2.36. The van der Waals surface area contributed by atoms with Crippen LogP contribution in [0.2, 0.25) is 0 Å². The third-order valence-corrected chi connectivity index (χ3v) is 7.52. The number of fused-ring (bicyclic) bond motifs is 1. The Kier molecular flexibility index (Phi) is 6.93. The first-order valence-electron chi connectivity index (χ1n) is 12.2. The molecule has 0 bridgehead atoms. The fraction of sp³-hybridized carbons (Fsp3) is 0.276. The van der Waals surface area contributed by atoms with Crippen molar-refractivity contribution >= 4 is 40.1 Å². The van der Waals surface area contributed by atoms with Gasteiger partial charge >= 0.3 is 0 Å². The molecule has 2 aliphatic heterocycles. The van der Waals surface area contributed by atoms with E-state index in [4.69, 9.17) is 14.5 Å². The van der Waals surface area contributed by atoms with Gasteiger partial charge in [-0.05, 0) is 79.8 Å². The maximum absolute atomic E-state index is 13.6. The Morgan fingerprint density at radius 1 is 1.00 bits per heavy atom. The number of para-hydroxylation sites is 1. The number of amidine groups is 1. The molecule has 3 aromatic rings. The van der Waals surface area contributed by atoms with Crippen LogP contribution in [0.1, 0.15) is 34.2 Å². The number of ether oxygens (including phenoxy) is 2. The molecule has 0 saturated carbocycles. The van der Waals surface area contributed by atoms with Crippen LogP contribution in [0, 0.1) is 27.7 Å². The van der Waals surface area contributed by atoms with Crippen LogP contribution in [0.15, 0.2) is 59.6 Å². The SMILES string of the molecule is Cc1cc(C)cc(N=C2S[C@@H](CC(=O)Nc3c(C)cccc3C)C(=O)N2Cc2ccc3c(c2)OCO3)c1. The van der Waals surface area contributed by atoms with Crippen LogP contribution >= 0.6 is 11.8 Å². The summed E-state index contributed by atoms with van der Waals surface area (Å²) in [4.78, 5) is 33.1. The molecular formula is C29H29N3O4S. The minimum atomic E-state index is -0.567. The molecule has 3 aromatic carbocycles. The van der Waals surface area contributed by atoms with E-state index in [1.165, 1.54) is 11.8 Å². The molecule has 0 radical (unpaired) electrons. The van der Waals surface area contributed by atoms with E-state index in [1.54, 1.807) is 4.90 Å². The van der Waals surface area contributed by atoms with Crippen LogP contribution in [-0.4, -0.2) is 33.9 Å². The van der Waals surface area contributed by atoms with Gasteiger partial charge in [-0.2, -0.15) is 0 Å². The predicted octanol–water partition coefficient (Wildman–Crippen LogP) is 5.81. The summed E-state index contributed by atoms with van der Waals surface area (Å²) >= 11 is 1.34. The quantitative estimate of drug-likeness (QED) is 0.448. The number of nitrogens with one attached hydrogen (secondary N) is 1. The van der Waals surface area contributed by atoms with Gasteiger partial charge in [-0.15, -0.1) is 0 Å². The van der Waals surface area contributed by atoms with E-state index in [2.05, 4.69) is 11.4 Å². The fourth-order valence-corrected chi connectivity index (χ4v) is 5.75. The van der Waals surface area contributed by atoms with Gasteiger partial charge in [-0.3, -0.25) is 14.5 Å². The summed E-state index contributed by atoms with van der Waals surface area (Å²) in [6.45, 7) is 8.47. The van der Waals surface area contributed by atoms with Gasteiger partial charge in [0.2, 0.25) is 18.6 Å². The molecule has 0 unspecified atom stereocenters. The Bertz CT molecular complexity index is 1380. The van der Waals surface area contributed by atoms with Gasteiger partial charge in [0.1, 0.15) is 5.25 Å². The van der Waals surface area contributed by atoms with Crippen molar-refractivity contribution in [2.45, 2.75) is 45.9 Å². The van der Waals surface area contributed by atoms with Crippen molar-refractivity contribution in [2.24, 2.45) is 4.99 Å². The van der Waals surface area contributed by atoms with Crippen molar-refractivity contribution in [1.29, 1.82) is 0 Å². The van der Waals surface area contributed by atoms with Crippen molar-refractivity contribution in [3.63, 3.8) is 0 Å². The van der Waals surface area contributed by atoms with E-state index in [1.807, 2.05) is 76.2 Å². The van der Waals surface area contributed by atoms with Crippen molar-refractivity contribution in [2.75, 3.05) is 12.1 Å². The van der Waals surface area contributed by atoms with Crippen LogP contribution in [0.3, 0.4) is 0 Å². The summed E-state index contributed by atoms with van der Waals surface area (Å²) < 4.78 is 10.9. The largest absolute Gasteiger partial charge is 0.454 e. The van der Waals surface area contributed by atoms with Crippen molar-refractivity contribution in [3.05, 3.63) is 82.4 Å². The van der Waals surface area contributed by atoms with Crippen molar-refractivity contribution < 1.29 is 19.1 Å². The second-order valence-corrected chi connectivity index (χ2v) is 10.6. The van der Waals surface area contributed by atoms with E-state index in [0.29, 0.717) is 23.2 Å². The number of hydrogen-bond donors (Lipinski definition) is 1. The maximum Gasteiger partial charge on any atom is 0.242 e. The molecule has 8 heteroatoms. The molecular weight excluding hydrogens is 486 g/mol. The number of benzene rings is 3. The number of carbonyl (C=O) groups is 2. The molecule has 2 heterocycles. The third kappa shape index (κ3) is 5.49. The monoisotopic (exact) mass is 515 g/mol. The van der Waals surface area contributed by atoms with Crippen LogP contribution in [-0.2, 0) is 16.1 Å². The number of nitrogens with zero attached hydrogens (tertiary/aromatic N) is 2. The number of rotatable bonds is 6. The minimum Gasteiger partial charge on any atom is -0.454 e. The third-order valence-electron chi connectivity index (χ3n) is 6.35. The number of thioether (sulfide) groups is 1. The highest BCUT2D eigenvalue weighted by atomic mass is 32.2. The zero-order valence-electron chi connectivity index (χ0n) is 21.3. The van der Waals surface area contributed by atoms with Crippen LogP contribution in [0.25, 0.3) is 0 Å². The number of carbonyl (C=O) groups excluding carboxylic acids is 2. The van der Waals surface area contributed by atoms with Gasteiger partial charge in [-0.1, -0.05) is 42.1 Å². The number of aliphatic imine (C=N–C) groups is 1. The molecule has 2 aliphatic rings. The van der Waals surface area contributed by atoms with Crippen LogP contribution < -0.4 is 14.8 Å². The van der Waals surface area contributed by atoms with Crippen molar-refractivity contribution in [1.82, 2.24) is 4.90 Å². The van der Waals surface area contributed by atoms with E-state index in [0.717, 1.165) is 39.2 Å². The second kappa shape index (κ2) is 10.3. The molecule has 7 nitrogen and oxygen atoms in total. The Hall–Kier alpha value is -3.78. The lowest BCUT2D eigenvalue weighted by molar-refractivity contribution is -0.128. The summed E-state index contributed by atoms with van der Waals surface area (Å²) in [7, 11) is 0. The molecule has 0 spiro atoms. The molecule has 0 aromatic heterocycles. The second-order valence-electron chi connectivity index (χ2n) is 9.48. The van der Waals surface area contributed by atoms with Gasteiger partial charge in [0.05, 0.1) is 12.2 Å². The standard InChI is InChI=1S/C29H29N3O4S/c1-17-10-18(2)12-22(11-17)30-29-32(15-21-8-9-23-24(13-21)36-16-35-23)28(34)25(37-29)14-26(33)31-27-19(3)6-5-7-20(27)4/h5-13,25H,14-16H2,1-4H3,(H,31,33)/t25-/m0/s1. The first-order chi connectivity index (χ1) is 17.8. The molecule has 2 amide bonds. The van der Waals surface area contributed by atoms with E-state index >= 15 is 0 Å². The maximum atomic E-state index is 13.6. The van der Waals surface area contributed by atoms with E-state index in [9.17, 15) is 9.59 Å². The molecule has 5 rings (SSSR count). The highest BCUT2D eigenvalue weighted by molar-refractivity contribution is 8.15. The van der Waals surface area contributed by atoms with Gasteiger partial charge in [-0.25, -0.2) is 4.99 Å². The van der Waals surface area contributed by atoms with Gasteiger partial charge < -0.3 is 14.8 Å². The lowest BCUT2D eigenvalue weighted by Crippen LogP contribution is -2.33. The van der Waals surface area contributed by atoms with Crippen molar-refractivity contribution in [3.8, 4) is 11.5 Å². The fourth-order valence-electron chi connectivity index (χ4n) is 4.59. The molecule has 190 valence electrons. The molecule has 0 aliphatic carbocycles. The topological polar surface area (TPSA) is 80.2 Å². The average molecular weight is 516 g/mol. The van der Waals surface area contributed by atoms with E-state index < -0.39 is 5.25 Å². The zero-order chi connectivity index (χ0) is 26.1. The van der Waals surface area contributed by atoms with Gasteiger partial charge in [0.15, 0.2) is 16.7 Å². The highest BCUT2D eigenvalue weighted by Gasteiger charge is 2.39. The smallest absolute Gasteiger partial charge is 0.242 e. The molecule has 1 fully saturated rings. The number of aryl methyl sites for hydroxylation is 4. The lowest BCUT2D eigenvalue weighted by atomic mass is 10.1. The average Bonchev–Trinajstić information content (AvgIpc) is 3.41. The first-order valence-corrected chi connectivity index (χ1v) is 13.0. The number of anilines is 1. The Labute approximate surface area is 220 Å². The summed E-state index contributed by atoms with van der Waals surface area (Å²) in [5.74, 6) is 1.02. The Balaban J connectivity index is 1.40. The summed E-state index contributed by atoms with van der Waals surface area (Å²) in [6, 6.07) is 17.6. The summed E-state index contributed by atoms with van der Waals surface area (Å²) in [6.07, 6.45) is 0.0563. The van der Waals surface area contributed by atoms with E-state index in [-0.39, 0.29) is 25.0 Å². The molecule has 1 saturated heterocycles. The van der Waals surface area contributed by atoms with Crippen LogP contribution in [0.4, 0.5) is 11.4 Å². The summed E-state index contributed by atoms with van der Waals surface area (Å²) in [5, 5.41) is 3.02. The molecule has 37 heavy (non-hydrogen) atoms. The first kappa shape index (κ1) is 24.9. The van der Waals surface area contributed by atoms with Gasteiger partial charge in [0, 0.05) is 12.1 Å². The Morgan fingerprint density at radius 2 is 1.70 bits per heavy atom. The lowest BCUT2D eigenvalue weighted by Gasteiger charge is -2.17. The normalized spacial score (nSPS) is 17.5. The number of amides is 2.